The topological polar surface area (TPSA) is 72.2 Å². The highest BCUT2D eigenvalue weighted by Gasteiger charge is 2.08. The van der Waals surface area contributed by atoms with E-state index < -0.39 is 5.69 Å². The molecule has 0 atom stereocenters. The Hall–Kier alpha value is -2.15. The van der Waals surface area contributed by atoms with Crippen molar-refractivity contribution in [2.24, 2.45) is 0 Å². The van der Waals surface area contributed by atoms with E-state index in [1.807, 2.05) is 12.1 Å². The molecule has 6 nitrogen and oxygen atoms in total. The molecule has 3 rings (SSSR count). The van der Waals surface area contributed by atoms with Crippen LogP contribution < -0.4 is 11.2 Å². The number of nitrogens with one attached hydrogen (secondary N) is 1. The van der Waals surface area contributed by atoms with Crippen LogP contribution in [0.3, 0.4) is 0 Å². The summed E-state index contributed by atoms with van der Waals surface area (Å²) in [4.78, 5) is 23.5. The van der Waals surface area contributed by atoms with Crippen LogP contribution in [0.1, 0.15) is 0 Å². The number of aromatic amines is 1. The molecule has 0 aliphatic heterocycles. The lowest BCUT2D eigenvalue weighted by Crippen LogP contribution is -2.22. The number of rotatable bonds is 1. The van der Waals surface area contributed by atoms with Gasteiger partial charge in [-0.1, -0.05) is 15.9 Å². The SMILES string of the molecule is O=c1c2n[nH]c(=O)n2ccn1-c1ccc(Br)cc1. The first-order valence-electron chi connectivity index (χ1n) is 5.11. The van der Waals surface area contributed by atoms with Crippen molar-refractivity contribution in [1.29, 1.82) is 0 Å². The molecule has 0 amide bonds. The fourth-order valence-electron chi connectivity index (χ4n) is 1.71. The van der Waals surface area contributed by atoms with E-state index in [2.05, 4.69) is 26.1 Å². The van der Waals surface area contributed by atoms with Crippen LogP contribution in [0.2, 0.25) is 0 Å². The molecule has 90 valence electrons. The molecule has 2 heterocycles. The molecule has 0 aliphatic carbocycles. The third-order valence-electron chi connectivity index (χ3n) is 2.58. The van der Waals surface area contributed by atoms with Gasteiger partial charge in [0.25, 0.3) is 0 Å². The molecule has 0 saturated heterocycles. The van der Waals surface area contributed by atoms with Crippen LogP contribution in [0, 0.1) is 0 Å². The largest absolute Gasteiger partial charge is 0.347 e. The van der Waals surface area contributed by atoms with Crippen molar-refractivity contribution in [2.45, 2.75) is 0 Å². The zero-order chi connectivity index (χ0) is 12.7. The van der Waals surface area contributed by atoms with Gasteiger partial charge in [0.1, 0.15) is 0 Å². The van der Waals surface area contributed by atoms with Crippen molar-refractivity contribution >= 4 is 21.6 Å². The van der Waals surface area contributed by atoms with E-state index in [0.717, 1.165) is 4.47 Å². The van der Waals surface area contributed by atoms with Crippen LogP contribution in [0.5, 0.6) is 0 Å². The van der Waals surface area contributed by atoms with Gasteiger partial charge in [-0.3, -0.25) is 9.36 Å². The minimum atomic E-state index is -0.426. The summed E-state index contributed by atoms with van der Waals surface area (Å²) < 4.78 is 3.54. The van der Waals surface area contributed by atoms with Crippen molar-refractivity contribution < 1.29 is 0 Å². The number of aromatic nitrogens is 4. The Morgan fingerprint density at radius 3 is 2.56 bits per heavy atom. The minimum Gasteiger partial charge on any atom is -0.280 e. The van der Waals surface area contributed by atoms with Gasteiger partial charge in [-0.05, 0) is 24.3 Å². The molecule has 2 aromatic heterocycles. The zero-order valence-electron chi connectivity index (χ0n) is 9.00. The Kier molecular flexibility index (Phi) is 2.41. The first kappa shape index (κ1) is 11.0. The first-order valence-corrected chi connectivity index (χ1v) is 5.90. The van der Waals surface area contributed by atoms with Crippen molar-refractivity contribution in [3.05, 3.63) is 62.0 Å². The average Bonchev–Trinajstić information content (AvgIpc) is 2.74. The maximum absolute atomic E-state index is 12.1. The van der Waals surface area contributed by atoms with Gasteiger partial charge in [0.05, 0.1) is 0 Å². The monoisotopic (exact) mass is 306 g/mol. The standard InChI is InChI=1S/C11H7BrN4O2/c12-7-1-3-8(4-2-7)15-5-6-16-9(10(15)17)13-14-11(16)18/h1-6H,(H,14,18). The number of H-pyrrole nitrogens is 1. The third-order valence-corrected chi connectivity index (χ3v) is 3.11. The van der Waals surface area contributed by atoms with Crippen LogP contribution in [-0.4, -0.2) is 19.2 Å². The number of nitrogens with zero attached hydrogens (tertiary/aromatic N) is 3. The van der Waals surface area contributed by atoms with Gasteiger partial charge in [-0.2, -0.15) is 0 Å². The highest BCUT2D eigenvalue weighted by molar-refractivity contribution is 9.10. The summed E-state index contributed by atoms with van der Waals surface area (Å²) in [6, 6.07) is 7.27. The molecule has 0 aliphatic rings. The van der Waals surface area contributed by atoms with Crippen LogP contribution in [0.25, 0.3) is 11.3 Å². The molecule has 0 spiro atoms. The second-order valence-electron chi connectivity index (χ2n) is 3.67. The summed E-state index contributed by atoms with van der Waals surface area (Å²) in [5.74, 6) is 0. The first-order chi connectivity index (χ1) is 8.66. The Balaban J connectivity index is 2.30. The molecule has 0 fully saturated rings. The highest BCUT2D eigenvalue weighted by atomic mass is 79.9. The minimum absolute atomic E-state index is 0.0745. The summed E-state index contributed by atoms with van der Waals surface area (Å²) in [6.45, 7) is 0. The van der Waals surface area contributed by atoms with E-state index in [4.69, 9.17) is 0 Å². The second kappa shape index (κ2) is 3.95. The third kappa shape index (κ3) is 1.60. The van der Waals surface area contributed by atoms with E-state index >= 15 is 0 Å². The lowest BCUT2D eigenvalue weighted by Gasteiger charge is -2.05. The van der Waals surface area contributed by atoms with Gasteiger partial charge in [-0.15, -0.1) is 5.10 Å². The highest BCUT2D eigenvalue weighted by Crippen LogP contribution is 2.12. The molecule has 0 unspecified atom stereocenters. The molecule has 1 aromatic carbocycles. The quantitative estimate of drug-likeness (QED) is 0.727. The number of fused-ring (bicyclic) bond motifs is 1. The maximum Gasteiger partial charge on any atom is 0.347 e. The van der Waals surface area contributed by atoms with Crippen molar-refractivity contribution in [1.82, 2.24) is 19.2 Å². The lowest BCUT2D eigenvalue weighted by atomic mass is 10.3. The fraction of sp³-hybridized carbons (Fsp3) is 0. The molecular weight excluding hydrogens is 300 g/mol. The molecule has 0 bridgehead atoms. The summed E-state index contributed by atoms with van der Waals surface area (Å²) in [7, 11) is 0. The van der Waals surface area contributed by atoms with E-state index in [9.17, 15) is 9.59 Å². The van der Waals surface area contributed by atoms with Gasteiger partial charge < -0.3 is 0 Å². The number of hydrogen-bond acceptors (Lipinski definition) is 3. The number of halogens is 1. The number of hydrogen-bond donors (Lipinski definition) is 1. The predicted octanol–water partition coefficient (Wildman–Crippen LogP) is 0.936. The summed E-state index contributed by atoms with van der Waals surface area (Å²) >= 11 is 3.33. The second-order valence-corrected chi connectivity index (χ2v) is 4.59. The van der Waals surface area contributed by atoms with Crippen LogP contribution >= 0.6 is 15.9 Å². The fourth-order valence-corrected chi connectivity index (χ4v) is 1.97. The van der Waals surface area contributed by atoms with Crippen LogP contribution in [0.15, 0.2) is 50.7 Å². The molecule has 18 heavy (non-hydrogen) atoms. The van der Waals surface area contributed by atoms with E-state index in [0.29, 0.717) is 5.69 Å². The number of benzene rings is 1. The smallest absolute Gasteiger partial charge is 0.280 e. The molecule has 0 radical (unpaired) electrons. The molecule has 1 N–H and O–H groups in total. The predicted molar refractivity (Wildman–Crippen MR) is 69.1 cm³/mol. The van der Waals surface area contributed by atoms with Crippen LogP contribution in [-0.2, 0) is 0 Å². The summed E-state index contributed by atoms with van der Waals surface area (Å²) in [6.07, 6.45) is 3.04. The Labute approximate surface area is 109 Å². The Morgan fingerprint density at radius 2 is 1.83 bits per heavy atom. The molecule has 3 aromatic rings. The summed E-state index contributed by atoms with van der Waals surface area (Å²) in [5, 5.41) is 5.95. The van der Waals surface area contributed by atoms with Gasteiger partial charge in [-0.25, -0.2) is 14.3 Å². The van der Waals surface area contributed by atoms with Gasteiger partial charge in [0.15, 0.2) is 0 Å². The Morgan fingerprint density at radius 1 is 1.11 bits per heavy atom. The van der Waals surface area contributed by atoms with E-state index in [-0.39, 0.29) is 11.2 Å². The lowest BCUT2D eigenvalue weighted by molar-refractivity contribution is 0.939. The normalized spacial score (nSPS) is 10.9. The van der Waals surface area contributed by atoms with Crippen molar-refractivity contribution in [3.8, 4) is 5.69 Å². The molecule has 0 saturated carbocycles. The van der Waals surface area contributed by atoms with E-state index in [1.165, 1.54) is 21.4 Å². The Bertz CT molecular complexity index is 829. The van der Waals surface area contributed by atoms with Gasteiger partial charge in [0.2, 0.25) is 5.65 Å². The molecule has 7 heteroatoms. The zero-order valence-corrected chi connectivity index (χ0v) is 10.6. The van der Waals surface area contributed by atoms with Crippen molar-refractivity contribution in [3.63, 3.8) is 0 Å². The average molecular weight is 307 g/mol. The van der Waals surface area contributed by atoms with Gasteiger partial charge >= 0.3 is 11.2 Å². The van der Waals surface area contributed by atoms with E-state index in [1.54, 1.807) is 12.1 Å². The van der Waals surface area contributed by atoms with Crippen LogP contribution in [0.4, 0.5) is 0 Å². The summed E-state index contributed by atoms with van der Waals surface area (Å²) in [5.41, 5.74) is 0.00907. The molecular formula is C11H7BrN4O2. The van der Waals surface area contributed by atoms with Gasteiger partial charge in [0, 0.05) is 22.6 Å². The van der Waals surface area contributed by atoms with Crippen molar-refractivity contribution in [2.75, 3.05) is 0 Å². The maximum atomic E-state index is 12.1.